The van der Waals surface area contributed by atoms with Gasteiger partial charge in [0, 0.05) is 29.6 Å². The summed E-state index contributed by atoms with van der Waals surface area (Å²) in [6, 6.07) is 6.46. The van der Waals surface area contributed by atoms with Gasteiger partial charge in [0.05, 0.1) is 19.1 Å². The zero-order chi connectivity index (χ0) is 30.9. The number of ether oxygens (including phenoxy) is 2. The molecule has 1 aliphatic rings. The van der Waals surface area contributed by atoms with E-state index in [0.29, 0.717) is 12.2 Å². The summed E-state index contributed by atoms with van der Waals surface area (Å²) in [6.07, 6.45) is 22.6. The van der Waals surface area contributed by atoms with E-state index in [9.17, 15) is 9.59 Å². The highest BCUT2D eigenvalue weighted by molar-refractivity contribution is 5.94. The van der Waals surface area contributed by atoms with Gasteiger partial charge in [0.2, 0.25) is 5.91 Å². The molecule has 7 nitrogen and oxygen atoms in total. The van der Waals surface area contributed by atoms with Crippen molar-refractivity contribution in [2.24, 2.45) is 5.73 Å². The lowest BCUT2D eigenvalue weighted by molar-refractivity contribution is -0.142. The van der Waals surface area contributed by atoms with E-state index < -0.39 is 5.97 Å². The number of aryl methyl sites for hydroxylation is 2. The number of hydrogen-bond acceptors (Lipinski definition) is 5. The molecule has 0 saturated heterocycles. The minimum atomic E-state index is -0.429. The van der Waals surface area contributed by atoms with Gasteiger partial charge in [-0.2, -0.15) is 5.26 Å². The normalized spacial score (nSPS) is 14.4. The standard InChI is InChI=1S/C36H55N3O4/c1-3-4-5-6-7-8-9-10-11-12-15-18-24-39-31-22-19-21-29(36(38)41)35(31)30-26-33(43-27-34(40)42-2)28(25-32(30)39)20-16-13-14-17-23-37/h25-26,29H,3-22,24,27H2,1-2H3,(H2,38,41). The molecule has 1 heterocycles. The Balaban J connectivity index is 1.74. The molecule has 3 rings (SSSR count). The summed E-state index contributed by atoms with van der Waals surface area (Å²) in [5.74, 6) is -0.345. The van der Waals surface area contributed by atoms with Crippen molar-refractivity contribution < 1.29 is 19.1 Å². The van der Waals surface area contributed by atoms with Crippen molar-refractivity contribution in [1.29, 1.82) is 5.26 Å². The number of unbranched alkanes of at least 4 members (excludes halogenated alkanes) is 14. The van der Waals surface area contributed by atoms with Crippen molar-refractivity contribution in [3.63, 3.8) is 0 Å². The molecule has 0 aliphatic heterocycles. The molecule has 1 amide bonds. The highest BCUT2D eigenvalue weighted by Crippen LogP contribution is 2.42. The van der Waals surface area contributed by atoms with Crippen LogP contribution in [0.4, 0.5) is 0 Å². The fourth-order valence-corrected chi connectivity index (χ4v) is 6.65. The largest absolute Gasteiger partial charge is 0.482 e. The number of hydrogen-bond donors (Lipinski definition) is 1. The summed E-state index contributed by atoms with van der Waals surface area (Å²) in [4.78, 5) is 24.5. The van der Waals surface area contributed by atoms with Crippen LogP contribution < -0.4 is 10.5 Å². The molecular weight excluding hydrogens is 538 g/mol. The van der Waals surface area contributed by atoms with Crippen LogP contribution in [-0.4, -0.2) is 30.2 Å². The Hall–Kier alpha value is -3.01. The highest BCUT2D eigenvalue weighted by Gasteiger charge is 2.31. The van der Waals surface area contributed by atoms with Crippen LogP contribution in [0.1, 0.15) is 145 Å². The van der Waals surface area contributed by atoms with Gasteiger partial charge < -0.3 is 19.8 Å². The predicted molar refractivity (Wildman–Crippen MR) is 173 cm³/mol. The minimum absolute atomic E-state index is 0.162. The lowest BCUT2D eigenvalue weighted by Crippen LogP contribution is -2.25. The summed E-state index contributed by atoms with van der Waals surface area (Å²) in [5, 5.41) is 9.92. The second kappa shape index (κ2) is 19.3. The number of nitrogens with zero attached hydrogens (tertiary/aromatic N) is 2. The van der Waals surface area contributed by atoms with Crippen molar-refractivity contribution in [1.82, 2.24) is 4.57 Å². The monoisotopic (exact) mass is 593 g/mol. The average Bonchev–Trinajstić information content (AvgIpc) is 3.32. The van der Waals surface area contributed by atoms with Crippen LogP contribution in [0.5, 0.6) is 5.75 Å². The number of carbonyl (C=O) groups excluding carboxylic acids is 2. The fourth-order valence-electron chi connectivity index (χ4n) is 6.65. The van der Waals surface area contributed by atoms with Crippen LogP contribution in [0.3, 0.4) is 0 Å². The van der Waals surface area contributed by atoms with E-state index in [2.05, 4.69) is 23.6 Å². The van der Waals surface area contributed by atoms with Gasteiger partial charge in [-0.3, -0.25) is 4.79 Å². The number of primary amides is 1. The summed E-state index contributed by atoms with van der Waals surface area (Å²) in [6.45, 7) is 3.04. The summed E-state index contributed by atoms with van der Waals surface area (Å²) in [7, 11) is 1.36. The maximum atomic E-state index is 12.6. The first-order valence-corrected chi connectivity index (χ1v) is 17.1. The van der Waals surface area contributed by atoms with Gasteiger partial charge in [-0.25, -0.2) is 4.79 Å². The predicted octanol–water partition coefficient (Wildman–Crippen LogP) is 8.43. The number of nitrogens with two attached hydrogens (primary N) is 1. The van der Waals surface area contributed by atoms with E-state index in [0.717, 1.165) is 79.9 Å². The topological polar surface area (TPSA) is 107 Å². The van der Waals surface area contributed by atoms with Crippen LogP contribution in [0.2, 0.25) is 0 Å². The van der Waals surface area contributed by atoms with E-state index in [-0.39, 0.29) is 18.4 Å². The van der Waals surface area contributed by atoms with Gasteiger partial charge >= 0.3 is 5.97 Å². The first kappa shape index (κ1) is 34.5. The highest BCUT2D eigenvalue weighted by atomic mass is 16.6. The smallest absolute Gasteiger partial charge is 0.343 e. The van der Waals surface area contributed by atoms with Crippen LogP contribution >= 0.6 is 0 Å². The van der Waals surface area contributed by atoms with Crippen molar-refractivity contribution >= 4 is 22.8 Å². The summed E-state index contributed by atoms with van der Waals surface area (Å²) < 4.78 is 13.3. The van der Waals surface area contributed by atoms with Gasteiger partial charge in [-0.15, -0.1) is 0 Å². The van der Waals surface area contributed by atoms with Crippen molar-refractivity contribution in [3.8, 4) is 11.8 Å². The first-order valence-electron chi connectivity index (χ1n) is 17.1. The third kappa shape index (κ3) is 10.6. The van der Waals surface area contributed by atoms with Gasteiger partial charge in [-0.1, -0.05) is 84.0 Å². The fraction of sp³-hybridized carbons (Fsp3) is 0.694. The lowest BCUT2D eigenvalue weighted by atomic mass is 9.84. The SMILES string of the molecule is CCCCCCCCCCCCCCn1c2c(c3cc(OCC(=O)OC)c(CCCCCC#N)cc31)C(C(N)=O)CCC2. The van der Waals surface area contributed by atoms with Crippen molar-refractivity contribution in [2.45, 2.75) is 148 Å². The number of nitriles is 1. The van der Waals surface area contributed by atoms with E-state index >= 15 is 0 Å². The zero-order valence-electron chi connectivity index (χ0n) is 26.9. The number of fused-ring (bicyclic) bond motifs is 3. The molecule has 1 aliphatic carbocycles. The average molecular weight is 594 g/mol. The van der Waals surface area contributed by atoms with Gasteiger partial charge in [0.1, 0.15) is 5.75 Å². The maximum absolute atomic E-state index is 12.6. The number of methoxy groups -OCH3 is 1. The quantitative estimate of drug-likeness (QED) is 0.109. The number of amides is 1. The Morgan fingerprint density at radius 2 is 1.60 bits per heavy atom. The van der Waals surface area contributed by atoms with Crippen LogP contribution in [-0.2, 0) is 33.7 Å². The second-order valence-corrected chi connectivity index (χ2v) is 12.3. The third-order valence-corrected chi connectivity index (χ3v) is 9.04. The number of esters is 1. The van der Waals surface area contributed by atoms with Gasteiger partial charge in [-0.05, 0) is 68.2 Å². The molecule has 1 aromatic carbocycles. The molecule has 0 spiro atoms. The number of benzene rings is 1. The van der Waals surface area contributed by atoms with Crippen LogP contribution in [0.15, 0.2) is 12.1 Å². The van der Waals surface area contributed by atoms with Crippen LogP contribution in [0, 0.1) is 11.3 Å². The molecule has 0 radical (unpaired) electrons. The van der Waals surface area contributed by atoms with Gasteiger partial charge in [0.15, 0.2) is 6.61 Å². The lowest BCUT2D eigenvalue weighted by Gasteiger charge is -2.22. The molecule has 0 fully saturated rings. The molecule has 43 heavy (non-hydrogen) atoms. The van der Waals surface area contributed by atoms with Crippen molar-refractivity contribution in [2.75, 3.05) is 13.7 Å². The Morgan fingerprint density at radius 3 is 2.23 bits per heavy atom. The third-order valence-electron chi connectivity index (χ3n) is 9.04. The van der Waals surface area contributed by atoms with E-state index in [1.807, 2.05) is 6.07 Å². The molecule has 1 atom stereocenters. The molecule has 7 heteroatoms. The van der Waals surface area contributed by atoms with E-state index in [1.165, 1.54) is 83.4 Å². The molecule has 0 saturated carbocycles. The Bertz CT molecular complexity index is 1200. The molecule has 0 bridgehead atoms. The van der Waals surface area contributed by atoms with E-state index in [1.54, 1.807) is 0 Å². The number of rotatable bonds is 22. The number of carbonyl (C=O) groups is 2. The number of aromatic nitrogens is 1. The molecule has 2 aromatic rings. The zero-order valence-corrected chi connectivity index (χ0v) is 26.9. The molecule has 1 unspecified atom stereocenters. The second-order valence-electron chi connectivity index (χ2n) is 12.3. The Morgan fingerprint density at radius 1 is 0.953 bits per heavy atom. The molecule has 1 aromatic heterocycles. The minimum Gasteiger partial charge on any atom is -0.482 e. The Labute approximate surface area is 259 Å². The van der Waals surface area contributed by atoms with Crippen LogP contribution in [0.25, 0.3) is 10.9 Å². The molecule has 2 N–H and O–H groups in total. The Kier molecular flexibility index (Phi) is 15.5. The van der Waals surface area contributed by atoms with Crippen molar-refractivity contribution in [3.05, 3.63) is 29.0 Å². The molecular formula is C36H55N3O4. The molecule has 238 valence electrons. The summed E-state index contributed by atoms with van der Waals surface area (Å²) in [5.41, 5.74) is 10.4. The van der Waals surface area contributed by atoms with E-state index in [4.69, 9.17) is 20.5 Å². The first-order chi connectivity index (χ1) is 21.0. The van der Waals surface area contributed by atoms with Gasteiger partial charge in [0.25, 0.3) is 0 Å². The maximum Gasteiger partial charge on any atom is 0.343 e. The summed E-state index contributed by atoms with van der Waals surface area (Å²) >= 11 is 0.